The summed E-state index contributed by atoms with van der Waals surface area (Å²) in [6.45, 7) is 4.65. The van der Waals surface area contributed by atoms with E-state index in [0.717, 1.165) is 36.8 Å². The summed E-state index contributed by atoms with van der Waals surface area (Å²) in [5.41, 5.74) is 5.61. The Hall–Kier alpha value is -3.67. The predicted octanol–water partition coefficient (Wildman–Crippen LogP) is 4.52. The second-order valence-electron chi connectivity index (χ2n) is 9.07. The lowest BCUT2D eigenvalue weighted by molar-refractivity contribution is -0.120. The molecule has 6 heteroatoms. The van der Waals surface area contributed by atoms with Gasteiger partial charge in [-0.3, -0.25) is 4.79 Å². The van der Waals surface area contributed by atoms with Gasteiger partial charge in [-0.25, -0.2) is 0 Å². The lowest BCUT2D eigenvalue weighted by atomic mass is 9.83. The van der Waals surface area contributed by atoms with Crippen molar-refractivity contribution in [2.75, 3.05) is 49.0 Å². The molecule has 1 saturated heterocycles. The molecule has 2 heterocycles. The molecule has 0 unspecified atom stereocenters. The second kappa shape index (κ2) is 9.29. The monoisotopic (exact) mass is 457 g/mol. The standard InChI is InChI=1S/C28H31N3O3/c1-19-4-9-22(10-5-19)30-14-15-31-26-17-24(34-3)11-6-20(26)16-25(27(31)18-30)28(32)29-21-7-12-23(33-2)13-8-21/h4-13,17,25,27H,14-16,18H2,1-3H3,(H,29,32)/t25-,27+/m0/s1. The van der Waals surface area contributed by atoms with Gasteiger partial charge < -0.3 is 24.6 Å². The SMILES string of the molecule is COc1ccc(NC(=O)[C@H]2Cc3ccc(OC)cc3N3CCN(c4ccc(C)cc4)C[C@H]23)cc1. The van der Waals surface area contributed by atoms with Crippen LogP contribution in [0.1, 0.15) is 11.1 Å². The summed E-state index contributed by atoms with van der Waals surface area (Å²) in [4.78, 5) is 18.4. The van der Waals surface area contributed by atoms with Gasteiger partial charge in [0.15, 0.2) is 0 Å². The maximum atomic E-state index is 13.6. The summed E-state index contributed by atoms with van der Waals surface area (Å²) in [5.74, 6) is 1.49. The predicted molar refractivity (Wildman–Crippen MR) is 136 cm³/mol. The van der Waals surface area contributed by atoms with Gasteiger partial charge in [0.1, 0.15) is 11.5 Å². The smallest absolute Gasteiger partial charge is 0.229 e. The molecule has 2 atom stereocenters. The van der Waals surface area contributed by atoms with E-state index in [4.69, 9.17) is 9.47 Å². The first-order chi connectivity index (χ1) is 16.6. The van der Waals surface area contributed by atoms with Crippen molar-refractivity contribution in [3.05, 3.63) is 77.9 Å². The van der Waals surface area contributed by atoms with Gasteiger partial charge in [0.25, 0.3) is 0 Å². The van der Waals surface area contributed by atoms with E-state index in [1.165, 1.54) is 22.5 Å². The van der Waals surface area contributed by atoms with Crippen molar-refractivity contribution in [2.45, 2.75) is 19.4 Å². The number of ether oxygens (including phenoxy) is 2. The Bertz CT molecular complexity index is 1160. The fraction of sp³-hybridized carbons (Fsp3) is 0.321. The molecule has 34 heavy (non-hydrogen) atoms. The number of nitrogens with zero attached hydrogens (tertiary/aromatic N) is 2. The Balaban J connectivity index is 1.44. The number of amides is 1. The van der Waals surface area contributed by atoms with Gasteiger partial charge in [0, 0.05) is 42.8 Å². The molecule has 0 aromatic heterocycles. The number of hydrogen-bond donors (Lipinski definition) is 1. The third-order valence-electron chi connectivity index (χ3n) is 7.02. The highest BCUT2D eigenvalue weighted by atomic mass is 16.5. The summed E-state index contributed by atoms with van der Waals surface area (Å²) >= 11 is 0. The molecule has 1 fully saturated rings. The summed E-state index contributed by atoms with van der Waals surface area (Å²) < 4.78 is 10.8. The number of carbonyl (C=O) groups excluding carboxylic acids is 1. The van der Waals surface area contributed by atoms with Crippen LogP contribution in [-0.2, 0) is 11.2 Å². The van der Waals surface area contributed by atoms with E-state index in [9.17, 15) is 4.79 Å². The van der Waals surface area contributed by atoms with Crippen molar-refractivity contribution in [3.63, 3.8) is 0 Å². The molecular formula is C28H31N3O3. The Labute approximate surface area is 201 Å². The third-order valence-corrected chi connectivity index (χ3v) is 7.02. The number of fused-ring (bicyclic) bond motifs is 3. The van der Waals surface area contributed by atoms with Crippen LogP contribution in [0, 0.1) is 12.8 Å². The molecule has 176 valence electrons. The number of aryl methyl sites for hydroxylation is 1. The minimum Gasteiger partial charge on any atom is -0.497 e. The molecule has 5 rings (SSSR count). The van der Waals surface area contributed by atoms with Crippen LogP contribution in [0.15, 0.2) is 66.7 Å². The largest absolute Gasteiger partial charge is 0.497 e. The zero-order chi connectivity index (χ0) is 23.7. The van der Waals surface area contributed by atoms with E-state index in [2.05, 4.69) is 58.4 Å². The number of hydrogen-bond acceptors (Lipinski definition) is 5. The second-order valence-corrected chi connectivity index (χ2v) is 9.07. The van der Waals surface area contributed by atoms with Crippen LogP contribution in [0.3, 0.4) is 0 Å². The lowest BCUT2D eigenvalue weighted by Gasteiger charge is -2.49. The van der Waals surface area contributed by atoms with E-state index < -0.39 is 0 Å². The topological polar surface area (TPSA) is 54.0 Å². The Morgan fingerprint density at radius 3 is 2.32 bits per heavy atom. The minimum absolute atomic E-state index is 0.0485. The van der Waals surface area contributed by atoms with Gasteiger partial charge in [0.2, 0.25) is 5.91 Å². The van der Waals surface area contributed by atoms with Crippen molar-refractivity contribution >= 4 is 23.0 Å². The zero-order valence-electron chi connectivity index (χ0n) is 20.0. The average molecular weight is 458 g/mol. The molecule has 1 N–H and O–H groups in total. The molecule has 1 amide bonds. The molecule has 6 nitrogen and oxygen atoms in total. The molecule has 0 bridgehead atoms. The van der Waals surface area contributed by atoms with E-state index in [1.807, 2.05) is 30.3 Å². The Morgan fingerprint density at radius 1 is 0.912 bits per heavy atom. The number of anilines is 3. The van der Waals surface area contributed by atoms with Crippen LogP contribution >= 0.6 is 0 Å². The van der Waals surface area contributed by atoms with E-state index in [-0.39, 0.29) is 17.9 Å². The third kappa shape index (κ3) is 4.28. The van der Waals surface area contributed by atoms with Crippen molar-refractivity contribution in [2.24, 2.45) is 5.92 Å². The molecule has 2 aliphatic heterocycles. The van der Waals surface area contributed by atoms with Crippen molar-refractivity contribution in [1.29, 1.82) is 0 Å². The van der Waals surface area contributed by atoms with Crippen LogP contribution in [0.5, 0.6) is 11.5 Å². The number of benzene rings is 3. The summed E-state index contributed by atoms with van der Waals surface area (Å²) in [6, 6.07) is 22.4. The fourth-order valence-corrected chi connectivity index (χ4v) is 5.10. The van der Waals surface area contributed by atoms with Gasteiger partial charge in [0.05, 0.1) is 26.2 Å². The normalized spacial score (nSPS) is 19.1. The summed E-state index contributed by atoms with van der Waals surface area (Å²) in [5, 5.41) is 3.15. The first kappa shape index (κ1) is 22.1. The maximum absolute atomic E-state index is 13.6. The van der Waals surface area contributed by atoms with Crippen LogP contribution in [0.25, 0.3) is 0 Å². The van der Waals surface area contributed by atoms with E-state index in [0.29, 0.717) is 6.42 Å². The molecule has 3 aromatic rings. The van der Waals surface area contributed by atoms with E-state index >= 15 is 0 Å². The van der Waals surface area contributed by atoms with Crippen molar-refractivity contribution in [3.8, 4) is 11.5 Å². The molecule has 0 saturated carbocycles. The van der Waals surface area contributed by atoms with Gasteiger partial charge >= 0.3 is 0 Å². The van der Waals surface area contributed by atoms with Crippen molar-refractivity contribution in [1.82, 2.24) is 0 Å². The quantitative estimate of drug-likeness (QED) is 0.611. The number of piperazine rings is 1. The summed E-state index contributed by atoms with van der Waals surface area (Å²) in [7, 11) is 3.34. The first-order valence-corrected chi connectivity index (χ1v) is 11.8. The highest BCUT2D eigenvalue weighted by Gasteiger charge is 2.41. The van der Waals surface area contributed by atoms with Gasteiger partial charge in [-0.2, -0.15) is 0 Å². The van der Waals surface area contributed by atoms with Crippen LogP contribution in [0.2, 0.25) is 0 Å². The van der Waals surface area contributed by atoms with Gasteiger partial charge in [-0.05, 0) is 61.4 Å². The van der Waals surface area contributed by atoms with Crippen molar-refractivity contribution < 1.29 is 14.3 Å². The molecule has 3 aromatic carbocycles. The Kier molecular flexibility index (Phi) is 6.05. The number of nitrogens with one attached hydrogen (secondary N) is 1. The number of carbonyl (C=O) groups is 1. The Morgan fingerprint density at radius 2 is 1.62 bits per heavy atom. The summed E-state index contributed by atoms with van der Waals surface area (Å²) in [6.07, 6.45) is 0.699. The van der Waals surface area contributed by atoms with Gasteiger partial charge in [-0.15, -0.1) is 0 Å². The zero-order valence-corrected chi connectivity index (χ0v) is 20.0. The van der Waals surface area contributed by atoms with Crippen LogP contribution in [-0.4, -0.2) is 45.8 Å². The molecule has 2 aliphatic rings. The number of rotatable bonds is 5. The van der Waals surface area contributed by atoms with Crippen LogP contribution in [0.4, 0.5) is 17.1 Å². The first-order valence-electron chi connectivity index (χ1n) is 11.8. The average Bonchev–Trinajstić information content (AvgIpc) is 2.88. The number of methoxy groups -OCH3 is 2. The van der Waals surface area contributed by atoms with Crippen LogP contribution < -0.4 is 24.6 Å². The maximum Gasteiger partial charge on any atom is 0.229 e. The highest BCUT2D eigenvalue weighted by molar-refractivity contribution is 5.94. The molecule has 0 radical (unpaired) electrons. The molecule has 0 spiro atoms. The fourth-order valence-electron chi connectivity index (χ4n) is 5.10. The molecular weight excluding hydrogens is 426 g/mol. The highest BCUT2D eigenvalue weighted by Crippen LogP contribution is 2.39. The molecule has 0 aliphatic carbocycles. The minimum atomic E-state index is -0.170. The van der Waals surface area contributed by atoms with E-state index in [1.54, 1.807) is 14.2 Å². The lowest BCUT2D eigenvalue weighted by Crippen LogP contribution is -2.60. The van der Waals surface area contributed by atoms with Gasteiger partial charge in [-0.1, -0.05) is 23.8 Å².